The van der Waals surface area contributed by atoms with Crippen molar-refractivity contribution in [3.63, 3.8) is 0 Å². The molecule has 2 fully saturated rings. The van der Waals surface area contributed by atoms with Crippen molar-refractivity contribution in [3.8, 4) is 0 Å². The Balaban J connectivity index is 2.10. The fraction of sp³-hybridized carbons (Fsp3) is 1.00. The lowest BCUT2D eigenvalue weighted by molar-refractivity contribution is -0.113. The Bertz CT molecular complexity index is 311. The molecule has 4 unspecified atom stereocenters. The van der Waals surface area contributed by atoms with Gasteiger partial charge in [-0.2, -0.15) is 0 Å². The highest BCUT2D eigenvalue weighted by Crippen LogP contribution is 2.36. The minimum Gasteiger partial charge on any atom is -0.380 e. The minimum atomic E-state index is 0.115. The number of methoxy groups -OCH3 is 1. The second kappa shape index (κ2) is 6.73. The van der Waals surface area contributed by atoms with E-state index in [-0.39, 0.29) is 5.54 Å². The van der Waals surface area contributed by atoms with E-state index in [1.54, 1.807) is 0 Å². The molecule has 2 aliphatic heterocycles. The zero-order valence-corrected chi connectivity index (χ0v) is 13.6. The van der Waals surface area contributed by atoms with Crippen molar-refractivity contribution < 1.29 is 9.47 Å². The number of hydrogen-bond acceptors (Lipinski definition) is 4. The summed E-state index contributed by atoms with van der Waals surface area (Å²) in [6, 6.07) is 0. The second-order valence-electron chi connectivity index (χ2n) is 7.02. The van der Waals surface area contributed by atoms with Crippen molar-refractivity contribution in [2.75, 3.05) is 33.4 Å². The number of likely N-dealkylation sites (tertiary alicyclic amines) is 1. The van der Waals surface area contributed by atoms with Crippen LogP contribution in [0.5, 0.6) is 0 Å². The van der Waals surface area contributed by atoms with Gasteiger partial charge in [-0.25, -0.2) is 0 Å². The van der Waals surface area contributed by atoms with Crippen LogP contribution in [0.15, 0.2) is 0 Å². The zero-order chi connectivity index (χ0) is 14.8. The summed E-state index contributed by atoms with van der Waals surface area (Å²) >= 11 is 0. The normalized spacial score (nSPS) is 40.2. The Kier molecular flexibility index (Phi) is 5.46. The van der Waals surface area contributed by atoms with Crippen LogP contribution in [-0.4, -0.2) is 56.0 Å². The highest BCUT2D eigenvalue weighted by atomic mass is 16.5. The Hall–Kier alpha value is -0.160. The van der Waals surface area contributed by atoms with Crippen LogP contribution in [0.3, 0.4) is 0 Å². The molecule has 2 aliphatic rings. The number of hydrogen-bond donors (Lipinski definition) is 1. The third-order valence-electron chi connectivity index (χ3n) is 5.47. The maximum atomic E-state index is 6.21. The highest BCUT2D eigenvalue weighted by Gasteiger charge is 2.44. The average Bonchev–Trinajstić information content (AvgIpc) is 2.47. The van der Waals surface area contributed by atoms with Crippen molar-refractivity contribution in [1.29, 1.82) is 0 Å². The number of nitrogens with zero attached hydrogens (tertiary/aromatic N) is 1. The molecule has 4 atom stereocenters. The summed E-state index contributed by atoms with van der Waals surface area (Å²) in [5, 5.41) is 0. The maximum Gasteiger partial charge on any atom is 0.0724 e. The molecule has 0 aromatic heterocycles. The van der Waals surface area contributed by atoms with Gasteiger partial charge in [0.05, 0.1) is 12.2 Å². The van der Waals surface area contributed by atoms with Crippen molar-refractivity contribution >= 4 is 0 Å². The van der Waals surface area contributed by atoms with Gasteiger partial charge in [0.2, 0.25) is 0 Å². The van der Waals surface area contributed by atoms with Gasteiger partial charge in [-0.3, -0.25) is 4.90 Å². The maximum absolute atomic E-state index is 6.21. The number of piperidine rings is 1. The molecule has 0 saturated carbocycles. The van der Waals surface area contributed by atoms with E-state index >= 15 is 0 Å². The van der Waals surface area contributed by atoms with Crippen LogP contribution in [0.2, 0.25) is 0 Å². The molecule has 0 spiro atoms. The third kappa shape index (κ3) is 3.19. The number of ether oxygens (including phenoxy) is 2. The molecule has 2 N–H and O–H groups in total. The Morgan fingerprint density at radius 2 is 2.20 bits per heavy atom. The van der Waals surface area contributed by atoms with E-state index in [0.717, 1.165) is 39.1 Å². The van der Waals surface area contributed by atoms with Crippen LogP contribution < -0.4 is 5.73 Å². The van der Waals surface area contributed by atoms with Gasteiger partial charge in [-0.15, -0.1) is 0 Å². The molecular weight excluding hydrogens is 252 g/mol. The van der Waals surface area contributed by atoms with E-state index in [9.17, 15) is 0 Å². The standard InChI is InChI=1S/C16H32N2O2/c1-12(2)14-9-16(11-17,6-8-20-14)18-7-5-13(3)15(10-18)19-4/h12-15H,5-11,17H2,1-4H3. The largest absolute Gasteiger partial charge is 0.380 e. The molecule has 2 heterocycles. The van der Waals surface area contributed by atoms with Crippen molar-refractivity contribution in [3.05, 3.63) is 0 Å². The van der Waals surface area contributed by atoms with Gasteiger partial charge in [0.15, 0.2) is 0 Å². The molecule has 118 valence electrons. The lowest BCUT2D eigenvalue weighted by Gasteiger charge is -2.52. The first-order valence-electron chi connectivity index (χ1n) is 8.12. The molecule has 2 saturated heterocycles. The highest BCUT2D eigenvalue weighted by molar-refractivity contribution is 4.99. The summed E-state index contributed by atoms with van der Waals surface area (Å²) in [7, 11) is 1.83. The van der Waals surface area contributed by atoms with E-state index in [1.807, 2.05) is 7.11 Å². The van der Waals surface area contributed by atoms with Crippen LogP contribution in [0.4, 0.5) is 0 Å². The summed E-state index contributed by atoms with van der Waals surface area (Å²) in [5.41, 5.74) is 6.33. The zero-order valence-electron chi connectivity index (χ0n) is 13.6. The Morgan fingerprint density at radius 3 is 2.80 bits per heavy atom. The fourth-order valence-electron chi connectivity index (χ4n) is 3.74. The molecular formula is C16H32N2O2. The van der Waals surface area contributed by atoms with E-state index in [1.165, 1.54) is 6.42 Å². The second-order valence-corrected chi connectivity index (χ2v) is 7.02. The molecule has 0 aromatic rings. The quantitative estimate of drug-likeness (QED) is 0.856. The van der Waals surface area contributed by atoms with E-state index < -0.39 is 0 Å². The van der Waals surface area contributed by atoms with Crippen molar-refractivity contribution in [2.24, 2.45) is 17.6 Å². The van der Waals surface area contributed by atoms with Crippen LogP contribution in [0.1, 0.15) is 40.0 Å². The van der Waals surface area contributed by atoms with E-state index in [4.69, 9.17) is 15.2 Å². The van der Waals surface area contributed by atoms with Crippen LogP contribution >= 0.6 is 0 Å². The number of rotatable bonds is 4. The van der Waals surface area contributed by atoms with Gasteiger partial charge >= 0.3 is 0 Å². The summed E-state index contributed by atoms with van der Waals surface area (Å²) in [6.45, 7) is 10.5. The van der Waals surface area contributed by atoms with Crippen molar-refractivity contribution in [2.45, 2.75) is 57.8 Å². The molecule has 20 heavy (non-hydrogen) atoms. The Morgan fingerprint density at radius 1 is 1.45 bits per heavy atom. The smallest absolute Gasteiger partial charge is 0.0724 e. The summed E-state index contributed by atoms with van der Waals surface area (Å²) in [5.74, 6) is 1.20. The van der Waals surface area contributed by atoms with Gasteiger partial charge in [0.1, 0.15) is 0 Å². The average molecular weight is 284 g/mol. The van der Waals surface area contributed by atoms with Crippen LogP contribution in [-0.2, 0) is 9.47 Å². The topological polar surface area (TPSA) is 47.7 Å². The molecule has 0 radical (unpaired) electrons. The Labute approximate surface area is 124 Å². The van der Waals surface area contributed by atoms with Crippen molar-refractivity contribution in [1.82, 2.24) is 4.90 Å². The molecule has 4 heteroatoms. The summed E-state index contributed by atoms with van der Waals surface area (Å²) < 4.78 is 11.6. The fourth-order valence-corrected chi connectivity index (χ4v) is 3.74. The predicted molar refractivity (Wildman–Crippen MR) is 81.7 cm³/mol. The molecule has 2 rings (SSSR count). The molecule has 0 amide bonds. The van der Waals surface area contributed by atoms with Gasteiger partial charge in [0.25, 0.3) is 0 Å². The van der Waals surface area contributed by atoms with Gasteiger partial charge in [-0.1, -0.05) is 20.8 Å². The molecule has 0 aromatic carbocycles. The first kappa shape index (κ1) is 16.2. The minimum absolute atomic E-state index is 0.115. The lowest BCUT2D eigenvalue weighted by atomic mass is 9.79. The molecule has 0 aliphatic carbocycles. The van der Waals surface area contributed by atoms with E-state index in [0.29, 0.717) is 24.0 Å². The van der Waals surface area contributed by atoms with Crippen LogP contribution in [0.25, 0.3) is 0 Å². The van der Waals surface area contributed by atoms with Crippen LogP contribution in [0, 0.1) is 11.8 Å². The predicted octanol–water partition coefficient (Wildman–Crippen LogP) is 1.88. The van der Waals surface area contributed by atoms with E-state index in [2.05, 4.69) is 25.7 Å². The first-order valence-corrected chi connectivity index (χ1v) is 8.12. The van der Waals surface area contributed by atoms with Gasteiger partial charge < -0.3 is 15.2 Å². The molecule has 4 nitrogen and oxygen atoms in total. The first-order chi connectivity index (χ1) is 9.52. The lowest BCUT2D eigenvalue weighted by Crippen LogP contribution is -2.63. The summed E-state index contributed by atoms with van der Waals surface area (Å²) in [4.78, 5) is 2.60. The SMILES string of the molecule is COC1CN(C2(CN)CCOC(C(C)C)C2)CCC1C. The molecule has 0 bridgehead atoms. The monoisotopic (exact) mass is 284 g/mol. The summed E-state index contributed by atoms with van der Waals surface area (Å²) in [6.07, 6.45) is 4.00. The van der Waals surface area contributed by atoms with Gasteiger partial charge in [0, 0.05) is 32.3 Å². The third-order valence-corrected chi connectivity index (χ3v) is 5.47. The number of nitrogens with two attached hydrogens (primary N) is 1. The van der Waals surface area contributed by atoms with Gasteiger partial charge in [-0.05, 0) is 37.6 Å².